The number of nitrogens with one attached hydrogen (secondary N) is 2. The van der Waals surface area contributed by atoms with E-state index < -0.39 is 5.82 Å². The minimum absolute atomic E-state index is 0.0632. The van der Waals surface area contributed by atoms with Gasteiger partial charge in [0.2, 0.25) is 5.91 Å². The first-order valence-corrected chi connectivity index (χ1v) is 6.14. The van der Waals surface area contributed by atoms with Crippen molar-refractivity contribution in [2.75, 3.05) is 18.5 Å². The average Bonchev–Trinajstić information content (AvgIpc) is 3.14. The fourth-order valence-corrected chi connectivity index (χ4v) is 1.57. The molecule has 1 aliphatic carbocycles. The molecule has 1 amide bonds. The van der Waals surface area contributed by atoms with Crippen molar-refractivity contribution >= 4 is 11.6 Å². The van der Waals surface area contributed by atoms with E-state index in [2.05, 4.69) is 10.6 Å². The second-order valence-electron chi connectivity index (χ2n) is 4.27. The Labute approximate surface area is 106 Å². The molecule has 4 nitrogen and oxygen atoms in total. The number of rotatable bonds is 6. The van der Waals surface area contributed by atoms with Gasteiger partial charge in [-0.1, -0.05) is 0 Å². The third-order valence-electron chi connectivity index (χ3n) is 2.63. The highest BCUT2D eigenvalue weighted by atomic mass is 19.1. The van der Waals surface area contributed by atoms with Crippen molar-refractivity contribution in [3.63, 3.8) is 0 Å². The average molecular weight is 252 g/mol. The molecule has 1 aliphatic rings. The molecule has 2 N–H and O–H groups in total. The van der Waals surface area contributed by atoms with Gasteiger partial charge in [0, 0.05) is 17.8 Å². The Balaban J connectivity index is 1.84. The number of hydrogen-bond acceptors (Lipinski definition) is 3. The topological polar surface area (TPSA) is 50.4 Å². The van der Waals surface area contributed by atoms with Gasteiger partial charge in [-0.15, -0.1) is 0 Å². The molecule has 1 aromatic rings. The van der Waals surface area contributed by atoms with Crippen LogP contribution in [0.25, 0.3) is 0 Å². The molecular weight excluding hydrogens is 235 g/mol. The second-order valence-corrected chi connectivity index (χ2v) is 4.27. The van der Waals surface area contributed by atoms with Gasteiger partial charge in [0.1, 0.15) is 0 Å². The number of benzene rings is 1. The van der Waals surface area contributed by atoms with Gasteiger partial charge in [0.05, 0.1) is 13.2 Å². The van der Waals surface area contributed by atoms with E-state index >= 15 is 0 Å². The lowest BCUT2D eigenvalue weighted by Crippen LogP contribution is -2.31. The summed E-state index contributed by atoms with van der Waals surface area (Å²) in [5, 5.41) is 5.73. The van der Waals surface area contributed by atoms with Crippen LogP contribution in [0.4, 0.5) is 10.1 Å². The fraction of sp³-hybridized carbons (Fsp3) is 0.462. The van der Waals surface area contributed by atoms with Gasteiger partial charge in [-0.05, 0) is 31.9 Å². The van der Waals surface area contributed by atoms with Crippen molar-refractivity contribution in [3.8, 4) is 5.75 Å². The fourth-order valence-electron chi connectivity index (χ4n) is 1.57. The Bertz CT molecular complexity index is 433. The first-order valence-electron chi connectivity index (χ1n) is 6.14. The highest BCUT2D eigenvalue weighted by Gasteiger charge is 2.22. The molecule has 1 aromatic carbocycles. The van der Waals surface area contributed by atoms with Gasteiger partial charge in [-0.3, -0.25) is 4.79 Å². The van der Waals surface area contributed by atoms with Gasteiger partial charge in [-0.25, -0.2) is 4.39 Å². The maximum atomic E-state index is 13.5. The maximum Gasteiger partial charge on any atom is 0.239 e. The number of halogens is 1. The highest BCUT2D eigenvalue weighted by molar-refractivity contribution is 5.81. The molecular formula is C13H17FN2O2. The maximum absolute atomic E-state index is 13.5. The second kappa shape index (κ2) is 5.71. The summed E-state index contributed by atoms with van der Waals surface area (Å²) in [6.07, 6.45) is 2.12. The first kappa shape index (κ1) is 12.7. The summed E-state index contributed by atoms with van der Waals surface area (Å²) in [5.41, 5.74) is 0.571. The van der Waals surface area contributed by atoms with Crippen molar-refractivity contribution in [1.82, 2.24) is 5.32 Å². The summed E-state index contributed by atoms with van der Waals surface area (Å²) in [7, 11) is 0. The molecule has 0 radical (unpaired) electrons. The van der Waals surface area contributed by atoms with Crippen molar-refractivity contribution in [2.45, 2.75) is 25.8 Å². The molecule has 0 saturated heterocycles. The monoisotopic (exact) mass is 252 g/mol. The Kier molecular flexibility index (Phi) is 4.02. The number of carbonyl (C=O) groups is 1. The molecule has 0 unspecified atom stereocenters. The zero-order valence-corrected chi connectivity index (χ0v) is 10.3. The minimum Gasteiger partial charge on any atom is -0.491 e. The van der Waals surface area contributed by atoms with Crippen LogP contribution in [0.2, 0.25) is 0 Å². The van der Waals surface area contributed by atoms with Crippen molar-refractivity contribution in [1.29, 1.82) is 0 Å². The van der Waals surface area contributed by atoms with Gasteiger partial charge >= 0.3 is 0 Å². The van der Waals surface area contributed by atoms with Crippen LogP contribution in [0, 0.1) is 5.82 Å². The Morgan fingerprint density at radius 3 is 2.89 bits per heavy atom. The molecule has 98 valence electrons. The van der Waals surface area contributed by atoms with Crippen molar-refractivity contribution < 1.29 is 13.9 Å². The Morgan fingerprint density at radius 1 is 1.50 bits per heavy atom. The summed E-state index contributed by atoms with van der Waals surface area (Å²) >= 11 is 0. The van der Waals surface area contributed by atoms with Crippen LogP contribution in [0.5, 0.6) is 5.75 Å². The quantitative estimate of drug-likeness (QED) is 0.813. The first-order chi connectivity index (χ1) is 8.69. The predicted molar refractivity (Wildman–Crippen MR) is 67.2 cm³/mol. The third-order valence-corrected chi connectivity index (χ3v) is 2.63. The largest absolute Gasteiger partial charge is 0.491 e. The van der Waals surface area contributed by atoms with Crippen LogP contribution >= 0.6 is 0 Å². The molecule has 0 aliphatic heterocycles. The molecule has 0 spiro atoms. The number of anilines is 1. The lowest BCUT2D eigenvalue weighted by molar-refractivity contribution is -0.119. The van der Waals surface area contributed by atoms with Gasteiger partial charge in [-0.2, -0.15) is 0 Å². The SMILES string of the molecule is CCOc1ccc(NCC(=O)NC2CC2)cc1F. The van der Waals surface area contributed by atoms with Gasteiger partial charge in [0.25, 0.3) is 0 Å². The molecule has 0 heterocycles. The molecule has 0 bridgehead atoms. The van der Waals surface area contributed by atoms with E-state index in [0.29, 0.717) is 18.3 Å². The highest BCUT2D eigenvalue weighted by Crippen LogP contribution is 2.21. The summed E-state index contributed by atoms with van der Waals surface area (Å²) in [4.78, 5) is 11.4. The molecule has 1 saturated carbocycles. The van der Waals surface area contributed by atoms with Crippen LogP contribution < -0.4 is 15.4 Å². The summed E-state index contributed by atoms with van der Waals surface area (Å²) < 4.78 is 18.6. The third kappa shape index (κ3) is 3.61. The Hall–Kier alpha value is -1.78. The van der Waals surface area contributed by atoms with Crippen molar-refractivity contribution in [2.24, 2.45) is 0 Å². The molecule has 5 heteroatoms. The van der Waals surface area contributed by atoms with Gasteiger partial charge in [0.15, 0.2) is 11.6 Å². The zero-order chi connectivity index (χ0) is 13.0. The van der Waals surface area contributed by atoms with E-state index in [0.717, 1.165) is 12.8 Å². The molecule has 1 fully saturated rings. The molecule has 0 atom stereocenters. The standard InChI is InChI=1S/C13H17FN2O2/c1-2-18-12-6-5-10(7-11(12)14)15-8-13(17)16-9-3-4-9/h5-7,9,15H,2-4,8H2,1H3,(H,16,17). The lowest BCUT2D eigenvalue weighted by Gasteiger charge is -2.09. The van der Waals surface area contributed by atoms with Crippen LogP contribution in [-0.4, -0.2) is 25.1 Å². The van der Waals surface area contributed by atoms with Crippen LogP contribution in [0.3, 0.4) is 0 Å². The molecule has 2 rings (SSSR count). The van der Waals surface area contributed by atoms with Gasteiger partial charge < -0.3 is 15.4 Å². The normalized spacial score (nSPS) is 14.1. The summed E-state index contributed by atoms with van der Waals surface area (Å²) in [6, 6.07) is 4.92. The van der Waals surface area contributed by atoms with Crippen LogP contribution in [0.15, 0.2) is 18.2 Å². The van der Waals surface area contributed by atoms with E-state index in [1.54, 1.807) is 19.1 Å². The van der Waals surface area contributed by atoms with Crippen LogP contribution in [0.1, 0.15) is 19.8 Å². The summed E-state index contributed by atoms with van der Waals surface area (Å²) in [6.45, 7) is 2.38. The van der Waals surface area contributed by atoms with E-state index in [1.165, 1.54) is 6.07 Å². The molecule has 0 aromatic heterocycles. The number of hydrogen-bond donors (Lipinski definition) is 2. The molecule has 18 heavy (non-hydrogen) atoms. The lowest BCUT2D eigenvalue weighted by atomic mass is 10.3. The van der Waals surface area contributed by atoms with E-state index in [1.807, 2.05) is 0 Å². The number of carbonyl (C=O) groups excluding carboxylic acids is 1. The smallest absolute Gasteiger partial charge is 0.239 e. The van der Waals surface area contributed by atoms with Crippen LogP contribution in [-0.2, 0) is 4.79 Å². The van der Waals surface area contributed by atoms with Crippen molar-refractivity contribution in [3.05, 3.63) is 24.0 Å². The Morgan fingerprint density at radius 2 is 2.28 bits per heavy atom. The number of amides is 1. The van der Waals surface area contributed by atoms with E-state index in [-0.39, 0.29) is 18.2 Å². The van der Waals surface area contributed by atoms with E-state index in [4.69, 9.17) is 4.74 Å². The number of ether oxygens (including phenoxy) is 1. The summed E-state index contributed by atoms with van der Waals surface area (Å²) in [5.74, 6) is -0.262. The van der Waals surface area contributed by atoms with E-state index in [9.17, 15) is 9.18 Å². The zero-order valence-electron chi connectivity index (χ0n) is 10.3. The predicted octanol–water partition coefficient (Wildman–Crippen LogP) is 1.91. The minimum atomic E-state index is -0.426.